The molecule has 1 fully saturated rings. The molecule has 34 heavy (non-hydrogen) atoms. The van der Waals surface area contributed by atoms with E-state index in [0.717, 1.165) is 65.8 Å². The molecular formula is C27H35N6O+. The van der Waals surface area contributed by atoms with E-state index in [-0.39, 0.29) is 5.92 Å². The average molecular weight is 460 g/mol. The van der Waals surface area contributed by atoms with Crippen molar-refractivity contribution in [1.82, 2.24) is 29.5 Å². The van der Waals surface area contributed by atoms with Crippen molar-refractivity contribution in [2.24, 2.45) is 0 Å². The highest BCUT2D eigenvalue weighted by atomic mass is 16.5. The first-order chi connectivity index (χ1) is 16.5. The van der Waals surface area contributed by atoms with Crippen LogP contribution in [-0.2, 0) is 0 Å². The summed E-state index contributed by atoms with van der Waals surface area (Å²) in [4.78, 5) is 12.3. The number of nitrogens with one attached hydrogen (secondary N) is 1. The molecule has 0 bridgehead atoms. The predicted octanol–water partition coefficient (Wildman–Crippen LogP) is 4.97. The van der Waals surface area contributed by atoms with Gasteiger partial charge >= 0.3 is 0 Å². The zero-order valence-corrected chi connectivity index (χ0v) is 20.9. The number of aromatic nitrogens is 4. The predicted molar refractivity (Wildman–Crippen MR) is 139 cm³/mol. The van der Waals surface area contributed by atoms with Crippen LogP contribution in [0, 0.1) is 0 Å². The first kappa shape index (κ1) is 22.7. The molecule has 1 aliphatic rings. The number of H-pyrrole nitrogens is 1. The van der Waals surface area contributed by atoms with Crippen LogP contribution in [0.5, 0.6) is 5.88 Å². The molecule has 1 aliphatic heterocycles. The number of hydrogen-bond acceptors (Lipinski definition) is 5. The minimum absolute atomic E-state index is 0.270. The van der Waals surface area contributed by atoms with E-state index in [4.69, 9.17) is 9.72 Å². The first-order valence-corrected chi connectivity index (χ1v) is 12.3. The number of quaternary nitrogens is 1. The SMILES string of the molecule is CCC[N+]1(c2nc(C(C)C)c(-c3ccnc(OC)c3)c3cc4cn[nH]c4cc23)CCN(C)CC1. The summed E-state index contributed by atoms with van der Waals surface area (Å²) >= 11 is 0. The second-order valence-corrected chi connectivity index (χ2v) is 9.91. The Kier molecular flexibility index (Phi) is 6.00. The summed E-state index contributed by atoms with van der Waals surface area (Å²) in [5.74, 6) is 2.09. The Morgan fingerprint density at radius 2 is 1.94 bits per heavy atom. The van der Waals surface area contributed by atoms with Gasteiger partial charge in [-0.2, -0.15) is 10.1 Å². The summed E-state index contributed by atoms with van der Waals surface area (Å²) in [5.41, 5.74) is 4.44. The monoisotopic (exact) mass is 459 g/mol. The minimum Gasteiger partial charge on any atom is -0.481 e. The van der Waals surface area contributed by atoms with Crippen LogP contribution in [0.3, 0.4) is 0 Å². The van der Waals surface area contributed by atoms with Crippen LogP contribution < -0.4 is 9.22 Å². The van der Waals surface area contributed by atoms with Gasteiger partial charge in [0.25, 0.3) is 0 Å². The number of hydrogen-bond donors (Lipinski definition) is 1. The molecule has 3 aromatic heterocycles. The van der Waals surface area contributed by atoms with Crippen LogP contribution >= 0.6 is 0 Å². The maximum atomic E-state index is 5.52. The Morgan fingerprint density at radius 3 is 2.65 bits per heavy atom. The molecule has 4 heterocycles. The molecule has 0 unspecified atom stereocenters. The van der Waals surface area contributed by atoms with Gasteiger partial charge in [0.15, 0.2) is 0 Å². The highest BCUT2D eigenvalue weighted by Crippen LogP contribution is 2.43. The van der Waals surface area contributed by atoms with E-state index in [2.05, 4.69) is 66.1 Å². The number of pyridine rings is 2. The largest absolute Gasteiger partial charge is 0.481 e. The molecule has 0 radical (unpaired) electrons. The van der Waals surface area contributed by atoms with Crippen LogP contribution in [0.15, 0.2) is 36.7 Å². The van der Waals surface area contributed by atoms with Crippen molar-refractivity contribution >= 4 is 27.5 Å². The highest BCUT2D eigenvalue weighted by molar-refractivity contribution is 6.08. The van der Waals surface area contributed by atoms with Gasteiger partial charge in [0.05, 0.1) is 49.5 Å². The molecular weight excluding hydrogens is 424 g/mol. The van der Waals surface area contributed by atoms with Crippen molar-refractivity contribution < 1.29 is 4.74 Å². The van der Waals surface area contributed by atoms with Crippen LogP contribution in [-0.4, -0.2) is 71.9 Å². The lowest BCUT2D eigenvalue weighted by Crippen LogP contribution is -2.60. The van der Waals surface area contributed by atoms with Crippen molar-refractivity contribution in [3.05, 3.63) is 42.4 Å². The molecule has 178 valence electrons. The smallest absolute Gasteiger partial charge is 0.235 e. The fourth-order valence-corrected chi connectivity index (χ4v) is 5.43. The van der Waals surface area contributed by atoms with Crippen LogP contribution in [0.4, 0.5) is 5.82 Å². The summed E-state index contributed by atoms with van der Waals surface area (Å²) < 4.78 is 6.40. The van der Waals surface area contributed by atoms with Gasteiger partial charge in [-0.25, -0.2) is 4.98 Å². The fraction of sp³-hybridized carbons (Fsp3) is 0.444. The number of benzene rings is 1. The molecule has 4 aromatic rings. The Morgan fingerprint density at radius 1 is 1.15 bits per heavy atom. The third-order valence-corrected chi connectivity index (χ3v) is 7.27. The van der Waals surface area contributed by atoms with Gasteiger partial charge in [-0.05, 0) is 48.5 Å². The maximum Gasteiger partial charge on any atom is 0.235 e. The number of piperazine rings is 1. The highest BCUT2D eigenvalue weighted by Gasteiger charge is 2.38. The summed E-state index contributed by atoms with van der Waals surface area (Å²) in [5, 5.41) is 11.1. The standard InChI is InChI=1S/C27H35N6O/c1-6-11-33(12-9-32(4)10-13-33)27-22-16-23-20(17-29-31-23)14-21(22)25(26(30-27)18(2)3)19-7-8-28-24(15-19)34-5/h7-8,14-18H,6,9-13H2,1-5H3,(H,29,31)/q+1. The lowest BCUT2D eigenvalue weighted by atomic mass is 9.91. The topological polar surface area (TPSA) is 66.9 Å². The van der Waals surface area contributed by atoms with Gasteiger partial charge in [0.1, 0.15) is 0 Å². The molecule has 7 heteroatoms. The third-order valence-electron chi connectivity index (χ3n) is 7.27. The first-order valence-electron chi connectivity index (χ1n) is 12.3. The van der Waals surface area contributed by atoms with Gasteiger partial charge in [-0.15, -0.1) is 0 Å². The molecule has 0 atom stereocenters. The summed E-state index contributed by atoms with van der Waals surface area (Å²) in [6.45, 7) is 12.2. The van der Waals surface area contributed by atoms with E-state index in [1.807, 2.05) is 18.5 Å². The Bertz CT molecular complexity index is 1320. The van der Waals surface area contributed by atoms with E-state index in [0.29, 0.717) is 5.88 Å². The van der Waals surface area contributed by atoms with Crippen LogP contribution in [0.1, 0.15) is 38.8 Å². The number of fused-ring (bicyclic) bond motifs is 2. The van der Waals surface area contributed by atoms with Crippen molar-refractivity contribution in [1.29, 1.82) is 0 Å². The second-order valence-electron chi connectivity index (χ2n) is 9.91. The second kappa shape index (κ2) is 8.96. The Hall–Kier alpha value is -3.03. The van der Waals surface area contributed by atoms with Gasteiger partial charge < -0.3 is 4.74 Å². The number of rotatable bonds is 6. The third kappa shape index (κ3) is 3.83. The van der Waals surface area contributed by atoms with Gasteiger partial charge in [-0.3, -0.25) is 14.5 Å². The van der Waals surface area contributed by atoms with Crippen molar-refractivity contribution in [3.63, 3.8) is 0 Å². The molecule has 0 aliphatic carbocycles. The van der Waals surface area contributed by atoms with Gasteiger partial charge in [-0.1, -0.05) is 20.8 Å². The van der Waals surface area contributed by atoms with Crippen LogP contribution in [0.25, 0.3) is 32.8 Å². The lowest BCUT2D eigenvalue weighted by Gasteiger charge is -2.43. The number of likely N-dealkylation sites (N-methyl/N-ethyl adjacent to an activating group) is 1. The number of methoxy groups -OCH3 is 1. The van der Waals surface area contributed by atoms with Crippen molar-refractivity contribution in [2.45, 2.75) is 33.1 Å². The normalized spacial score (nSPS) is 16.5. The molecule has 1 aromatic carbocycles. The minimum atomic E-state index is 0.270. The molecule has 1 saturated heterocycles. The van der Waals surface area contributed by atoms with Crippen molar-refractivity contribution in [2.75, 3.05) is 46.9 Å². The van der Waals surface area contributed by atoms with Crippen molar-refractivity contribution in [3.8, 4) is 17.0 Å². The number of aromatic amines is 1. The van der Waals surface area contributed by atoms with E-state index in [9.17, 15) is 0 Å². The zero-order valence-electron chi connectivity index (χ0n) is 20.9. The molecule has 1 N–H and O–H groups in total. The quantitative estimate of drug-likeness (QED) is 0.413. The van der Waals surface area contributed by atoms with Crippen LogP contribution in [0.2, 0.25) is 0 Å². The van der Waals surface area contributed by atoms with E-state index < -0.39 is 0 Å². The summed E-state index contributed by atoms with van der Waals surface area (Å²) in [6.07, 6.45) is 4.85. The fourth-order valence-electron chi connectivity index (χ4n) is 5.43. The molecule has 0 spiro atoms. The molecule has 0 saturated carbocycles. The lowest BCUT2D eigenvalue weighted by molar-refractivity contribution is 0.154. The van der Waals surface area contributed by atoms with Gasteiger partial charge in [0.2, 0.25) is 11.7 Å². The van der Waals surface area contributed by atoms with Gasteiger partial charge in [0, 0.05) is 36.3 Å². The maximum absolute atomic E-state index is 5.52. The molecule has 5 rings (SSSR count). The number of ether oxygens (including phenoxy) is 1. The number of nitrogens with zero attached hydrogens (tertiary/aromatic N) is 5. The van der Waals surface area contributed by atoms with E-state index in [1.54, 1.807) is 7.11 Å². The summed E-state index contributed by atoms with van der Waals surface area (Å²) in [7, 11) is 3.88. The van der Waals surface area contributed by atoms with E-state index >= 15 is 0 Å². The zero-order chi connectivity index (χ0) is 23.9. The molecule has 7 nitrogen and oxygen atoms in total. The summed E-state index contributed by atoms with van der Waals surface area (Å²) in [6, 6.07) is 8.64. The van der Waals surface area contributed by atoms with E-state index in [1.165, 1.54) is 22.2 Å². The Labute approximate surface area is 201 Å². The molecule has 0 amide bonds. The average Bonchev–Trinajstić information content (AvgIpc) is 3.31. The Balaban J connectivity index is 1.87.